The third kappa shape index (κ3) is 5.96. The van der Waals surface area contributed by atoms with Crippen molar-refractivity contribution in [1.29, 1.82) is 0 Å². The van der Waals surface area contributed by atoms with Gasteiger partial charge in [0.25, 0.3) is 15.9 Å². The Kier molecular flexibility index (Phi) is 8.06. The molecular formula is C31H34N4O3S. The molecule has 39 heavy (non-hydrogen) atoms. The van der Waals surface area contributed by atoms with Gasteiger partial charge < -0.3 is 4.57 Å². The van der Waals surface area contributed by atoms with Crippen LogP contribution in [0.5, 0.6) is 0 Å². The second-order valence-corrected chi connectivity index (χ2v) is 11.7. The summed E-state index contributed by atoms with van der Waals surface area (Å²) < 4.78 is 30.5. The number of para-hydroxylation sites is 1. The molecule has 0 aliphatic rings. The lowest BCUT2D eigenvalue weighted by atomic mass is 10.1. The van der Waals surface area contributed by atoms with Gasteiger partial charge in [-0.25, -0.2) is 13.8 Å². The highest BCUT2D eigenvalue weighted by Gasteiger charge is 2.28. The van der Waals surface area contributed by atoms with Crippen molar-refractivity contribution in [3.05, 3.63) is 112 Å². The number of hydrogen-bond acceptors (Lipinski definition) is 4. The predicted molar refractivity (Wildman–Crippen MR) is 157 cm³/mol. The first kappa shape index (κ1) is 27.9. The van der Waals surface area contributed by atoms with Crippen LogP contribution in [0.15, 0.2) is 82.8 Å². The van der Waals surface area contributed by atoms with Crippen molar-refractivity contribution in [2.24, 2.45) is 5.10 Å². The fourth-order valence-electron chi connectivity index (χ4n) is 4.67. The smallest absolute Gasteiger partial charge is 0.264 e. The van der Waals surface area contributed by atoms with Crippen molar-refractivity contribution in [3.63, 3.8) is 0 Å². The average molecular weight is 543 g/mol. The van der Waals surface area contributed by atoms with E-state index in [0.29, 0.717) is 5.69 Å². The van der Waals surface area contributed by atoms with E-state index in [1.54, 1.807) is 42.6 Å². The number of benzene rings is 3. The highest BCUT2D eigenvalue weighted by atomic mass is 32.2. The SMILES string of the molecule is Cc1ccc(S(=O)(=O)N(CC(=O)N/N=C\c2cc(C)n(-c3ccc(C)cc3C)c2C)c2ccccc2C)cc1. The molecule has 0 spiro atoms. The number of anilines is 1. The van der Waals surface area contributed by atoms with E-state index in [0.717, 1.165) is 38.1 Å². The van der Waals surface area contributed by atoms with Gasteiger partial charge in [0, 0.05) is 22.6 Å². The van der Waals surface area contributed by atoms with Crippen LogP contribution in [0.4, 0.5) is 5.69 Å². The minimum Gasteiger partial charge on any atom is -0.318 e. The van der Waals surface area contributed by atoms with Gasteiger partial charge in [0.05, 0.1) is 16.8 Å². The van der Waals surface area contributed by atoms with Crippen LogP contribution >= 0.6 is 0 Å². The minimum atomic E-state index is -4.00. The molecule has 1 N–H and O–H groups in total. The molecule has 0 fully saturated rings. The number of hydrogen-bond donors (Lipinski definition) is 1. The molecule has 0 bridgehead atoms. The van der Waals surface area contributed by atoms with Crippen molar-refractivity contribution in [2.45, 2.75) is 46.4 Å². The molecule has 0 aliphatic carbocycles. The summed E-state index contributed by atoms with van der Waals surface area (Å²) in [6, 6.07) is 22.0. The maximum Gasteiger partial charge on any atom is 0.264 e. The third-order valence-electron chi connectivity index (χ3n) is 6.74. The highest BCUT2D eigenvalue weighted by molar-refractivity contribution is 7.92. The van der Waals surface area contributed by atoms with E-state index in [9.17, 15) is 13.2 Å². The molecule has 0 radical (unpaired) electrons. The van der Waals surface area contributed by atoms with E-state index in [-0.39, 0.29) is 4.90 Å². The summed E-state index contributed by atoms with van der Waals surface area (Å²) in [6.07, 6.45) is 1.59. The fraction of sp³-hybridized carbons (Fsp3) is 0.226. The topological polar surface area (TPSA) is 83.8 Å². The van der Waals surface area contributed by atoms with Gasteiger partial charge in [-0.15, -0.1) is 0 Å². The Labute approximate surface area is 230 Å². The molecule has 202 valence electrons. The first-order valence-electron chi connectivity index (χ1n) is 12.7. The maximum atomic E-state index is 13.6. The van der Waals surface area contributed by atoms with Crippen molar-refractivity contribution in [1.82, 2.24) is 9.99 Å². The molecule has 3 aromatic carbocycles. The zero-order valence-electron chi connectivity index (χ0n) is 23.2. The number of aromatic nitrogens is 1. The van der Waals surface area contributed by atoms with Gasteiger partial charge in [0.1, 0.15) is 6.54 Å². The number of sulfonamides is 1. The summed E-state index contributed by atoms with van der Waals surface area (Å²) in [4.78, 5) is 13.1. The van der Waals surface area contributed by atoms with Crippen LogP contribution in [0.25, 0.3) is 5.69 Å². The Morgan fingerprint density at radius 1 is 0.872 bits per heavy atom. The Balaban J connectivity index is 1.57. The van der Waals surface area contributed by atoms with Crippen LogP contribution in [0.2, 0.25) is 0 Å². The summed E-state index contributed by atoms with van der Waals surface area (Å²) in [5.74, 6) is -0.548. The molecule has 1 aromatic heterocycles. The summed E-state index contributed by atoms with van der Waals surface area (Å²) in [5.41, 5.74) is 11.0. The molecule has 0 unspecified atom stereocenters. The molecular weight excluding hydrogens is 508 g/mol. The van der Waals surface area contributed by atoms with Crippen LogP contribution in [0.3, 0.4) is 0 Å². The summed E-state index contributed by atoms with van der Waals surface area (Å²) in [5, 5.41) is 4.16. The number of carbonyl (C=O) groups excluding carboxylic acids is 1. The number of aryl methyl sites for hydroxylation is 5. The molecule has 7 nitrogen and oxygen atoms in total. The Bertz CT molecular complexity index is 1650. The number of nitrogens with one attached hydrogen (secondary N) is 1. The lowest BCUT2D eigenvalue weighted by molar-refractivity contribution is -0.119. The van der Waals surface area contributed by atoms with Gasteiger partial charge in [-0.3, -0.25) is 9.10 Å². The first-order valence-corrected chi connectivity index (χ1v) is 14.2. The van der Waals surface area contributed by atoms with Crippen molar-refractivity contribution >= 4 is 27.8 Å². The van der Waals surface area contributed by atoms with Gasteiger partial charge in [0.15, 0.2) is 0 Å². The van der Waals surface area contributed by atoms with E-state index in [2.05, 4.69) is 47.1 Å². The number of rotatable bonds is 8. The van der Waals surface area contributed by atoms with E-state index in [1.165, 1.54) is 11.1 Å². The van der Waals surface area contributed by atoms with Crippen LogP contribution < -0.4 is 9.73 Å². The Hall–Kier alpha value is -4.17. The van der Waals surface area contributed by atoms with Crippen LogP contribution in [-0.2, 0) is 14.8 Å². The van der Waals surface area contributed by atoms with Crippen LogP contribution in [0, 0.1) is 41.5 Å². The molecule has 1 amide bonds. The highest BCUT2D eigenvalue weighted by Crippen LogP contribution is 2.27. The standard InChI is InChI=1S/C31H34N4O3S/c1-21-11-14-28(15-12-21)39(37,38)34(29-10-8-7-9-23(29)3)20-31(36)33-32-19-27-18-25(5)35(26(27)6)30-16-13-22(2)17-24(30)4/h7-19H,20H2,1-6H3,(H,33,36)/b32-19-. The van der Waals surface area contributed by atoms with Crippen LogP contribution in [0.1, 0.15) is 39.2 Å². The van der Waals surface area contributed by atoms with Crippen molar-refractivity contribution < 1.29 is 13.2 Å². The molecule has 0 atom stereocenters. The molecule has 1 heterocycles. The molecule has 0 aliphatic heterocycles. The lowest BCUT2D eigenvalue weighted by Crippen LogP contribution is -2.40. The second-order valence-electron chi connectivity index (χ2n) is 9.86. The van der Waals surface area contributed by atoms with E-state index in [1.807, 2.05) is 45.9 Å². The first-order chi connectivity index (χ1) is 18.5. The normalized spacial score (nSPS) is 11.6. The average Bonchev–Trinajstić information content (AvgIpc) is 3.16. The van der Waals surface area contributed by atoms with Gasteiger partial charge >= 0.3 is 0 Å². The lowest BCUT2D eigenvalue weighted by Gasteiger charge is -2.25. The van der Waals surface area contributed by atoms with E-state index < -0.39 is 22.5 Å². The molecule has 4 rings (SSSR count). The van der Waals surface area contributed by atoms with Gasteiger partial charge in [0.2, 0.25) is 0 Å². The number of carbonyl (C=O) groups is 1. The van der Waals surface area contributed by atoms with Gasteiger partial charge in [-0.05, 0) is 83.0 Å². The van der Waals surface area contributed by atoms with Crippen molar-refractivity contribution in [3.8, 4) is 5.69 Å². The molecule has 4 aromatic rings. The summed E-state index contributed by atoms with van der Waals surface area (Å²) >= 11 is 0. The third-order valence-corrected chi connectivity index (χ3v) is 8.51. The number of hydrazone groups is 1. The predicted octanol–water partition coefficient (Wildman–Crippen LogP) is 5.67. The minimum absolute atomic E-state index is 0.117. The van der Waals surface area contributed by atoms with Gasteiger partial charge in [-0.1, -0.05) is 53.6 Å². The zero-order chi connectivity index (χ0) is 28.3. The quantitative estimate of drug-likeness (QED) is 0.230. The van der Waals surface area contributed by atoms with Crippen LogP contribution in [-0.4, -0.2) is 31.7 Å². The van der Waals surface area contributed by atoms with Gasteiger partial charge in [-0.2, -0.15) is 5.10 Å². The zero-order valence-corrected chi connectivity index (χ0v) is 24.0. The largest absolute Gasteiger partial charge is 0.318 e. The second kappa shape index (κ2) is 11.3. The number of nitrogens with zero attached hydrogens (tertiary/aromatic N) is 3. The van der Waals surface area contributed by atoms with E-state index in [4.69, 9.17) is 0 Å². The van der Waals surface area contributed by atoms with Crippen molar-refractivity contribution in [2.75, 3.05) is 10.8 Å². The molecule has 8 heteroatoms. The summed E-state index contributed by atoms with van der Waals surface area (Å²) in [6.45, 7) is 11.5. The summed E-state index contributed by atoms with van der Waals surface area (Å²) in [7, 11) is -4.00. The Morgan fingerprint density at radius 2 is 1.54 bits per heavy atom. The fourth-order valence-corrected chi connectivity index (χ4v) is 6.15. The maximum absolute atomic E-state index is 13.6. The molecule has 0 saturated heterocycles. The van der Waals surface area contributed by atoms with E-state index >= 15 is 0 Å². The molecule has 0 saturated carbocycles. The number of amides is 1. The Morgan fingerprint density at radius 3 is 2.21 bits per heavy atom. The monoisotopic (exact) mass is 542 g/mol.